The molecule has 3 amide bonds. The van der Waals surface area contributed by atoms with Gasteiger partial charge in [0.15, 0.2) is 0 Å². The second-order valence-electron chi connectivity index (χ2n) is 7.64. The summed E-state index contributed by atoms with van der Waals surface area (Å²) in [4.78, 5) is 36.8. The molecule has 3 aromatic carbocycles. The molecule has 156 valence electrons. The number of nitrogens with two attached hydrogens (primary N) is 1. The van der Waals surface area contributed by atoms with E-state index in [0.29, 0.717) is 12.1 Å². The molecule has 0 aliphatic heterocycles. The van der Waals surface area contributed by atoms with Gasteiger partial charge in [-0.3, -0.25) is 14.4 Å². The van der Waals surface area contributed by atoms with Gasteiger partial charge >= 0.3 is 0 Å². The number of rotatable bonds is 7. The molecule has 0 bridgehead atoms. The van der Waals surface area contributed by atoms with E-state index in [0.717, 1.165) is 11.1 Å². The summed E-state index contributed by atoms with van der Waals surface area (Å²) in [5.74, 6) is -1.49. The van der Waals surface area contributed by atoms with E-state index in [-0.39, 0.29) is 29.3 Å². The Labute approximate surface area is 180 Å². The summed E-state index contributed by atoms with van der Waals surface area (Å²) in [7, 11) is 0. The quantitative estimate of drug-likeness (QED) is 0.555. The smallest absolute Gasteiger partial charge is 0.250 e. The fraction of sp³-hybridized carbons (Fsp3) is 0.160. The Kier molecular flexibility index (Phi) is 5.54. The normalized spacial score (nSPS) is 16.2. The van der Waals surface area contributed by atoms with Crippen molar-refractivity contribution in [3.05, 3.63) is 102 Å². The number of hydrogen-bond donors (Lipinski definition) is 3. The van der Waals surface area contributed by atoms with E-state index >= 15 is 0 Å². The average Bonchev–Trinajstić information content (AvgIpc) is 3.56. The summed E-state index contributed by atoms with van der Waals surface area (Å²) in [6.07, 6.45) is 0.680. The summed E-state index contributed by atoms with van der Waals surface area (Å²) >= 11 is 0. The molecule has 0 heterocycles. The van der Waals surface area contributed by atoms with Crippen LogP contribution < -0.4 is 16.4 Å². The highest BCUT2D eigenvalue weighted by Gasteiger charge is 2.60. The minimum absolute atomic E-state index is 0.175. The van der Waals surface area contributed by atoms with Gasteiger partial charge < -0.3 is 16.4 Å². The van der Waals surface area contributed by atoms with Gasteiger partial charge in [0.25, 0.3) is 5.91 Å². The molecule has 0 radical (unpaired) electrons. The standard InChI is InChI=1S/C25H23N3O3/c26-23(30)19-13-7-8-14-21(19)28-22(29)16-27-24(31)20-15-25(20,17-9-3-1-4-10-17)18-11-5-2-6-12-18/h1-14,20H,15-16H2,(H2,26,30)(H,27,31)(H,28,29). The number of carbonyl (C=O) groups excluding carboxylic acids is 3. The van der Waals surface area contributed by atoms with Crippen LogP contribution in [0.2, 0.25) is 0 Å². The van der Waals surface area contributed by atoms with Gasteiger partial charge in [0.1, 0.15) is 0 Å². The van der Waals surface area contributed by atoms with Gasteiger partial charge in [-0.2, -0.15) is 0 Å². The lowest BCUT2D eigenvalue weighted by molar-refractivity contribution is -0.125. The minimum atomic E-state index is -0.631. The van der Waals surface area contributed by atoms with Gasteiger partial charge in [0.2, 0.25) is 11.8 Å². The second-order valence-corrected chi connectivity index (χ2v) is 7.64. The first-order chi connectivity index (χ1) is 15.0. The van der Waals surface area contributed by atoms with Crippen LogP contribution >= 0.6 is 0 Å². The molecule has 0 aromatic heterocycles. The van der Waals surface area contributed by atoms with Crippen LogP contribution in [0.5, 0.6) is 0 Å². The second kappa shape index (κ2) is 8.44. The van der Waals surface area contributed by atoms with Gasteiger partial charge in [-0.15, -0.1) is 0 Å². The fourth-order valence-corrected chi connectivity index (χ4v) is 4.15. The number of amides is 3. The lowest BCUT2D eigenvalue weighted by Crippen LogP contribution is -2.36. The first-order valence-corrected chi connectivity index (χ1v) is 10.1. The maximum absolute atomic E-state index is 12.9. The number of hydrogen-bond acceptors (Lipinski definition) is 3. The lowest BCUT2D eigenvalue weighted by atomic mass is 9.85. The van der Waals surface area contributed by atoms with Crippen molar-refractivity contribution in [2.75, 3.05) is 11.9 Å². The predicted octanol–water partition coefficient (Wildman–Crippen LogP) is 2.85. The van der Waals surface area contributed by atoms with E-state index in [4.69, 9.17) is 5.73 Å². The molecule has 1 aliphatic carbocycles. The number of carbonyl (C=O) groups is 3. The summed E-state index contributed by atoms with van der Waals surface area (Å²) in [5.41, 5.74) is 7.66. The zero-order valence-electron chi connectivity index (χ0n) is 16.9. The van der Waals surface area contributed by atoms with Crippen LogP contribution in [0.3, 0.4) is 0 Å². The predicted molar refractivity (Wildman–Crippen MR) is 118 cm³/mol. The summed E-state index contributed by atoms with van der Waals surface area (Å²) in [5, 5.41) is 5.38. The zero-order chi connectivity index (χ0) is 21.8. The number of para-hydroxylation sites is 1. The summed E-state index contributed by atoms with van der Waals surface area (Å²) < 4.78 is 0. The lowest BCUT2D eigenvalue weighted by Gasteiger charge is -2.19. The van der Waals surface area contributed by atoms with Crippen LogP contribution in [0.15, 0.2) is 84.9 Å². The highest BCUT2D eigenvalue weighted by atomic mass is 16.2. The first-order valence-electron chi connectivity index (χ1n) is 10.1. The van der Waals surface area contributed by atoms with E-state index in [1.54, 1.807) is 18.2 Å². The molecule has 6 nitrogen and oxygen atoms in total. The van der Waals surface area contributed by atoms with Crippen molar-refractivity contribution in [2.45, 2.75) is 11.8 Å². The number of primary amides is 1. The third-order valence-corrected chi connectivity index (χ3v) is 5.74. The molecule has 1 atom stereocenters. The Morgan fingerprint density at radius 2 is 1.39 bits per heavy atom. The molecular formula is C25H23N3O3. The largest absolute Gasteiger partial charge is 0.366 e. The van der Waals surface area contributed by atoms with Crippen LogP contribution in [0.4, 0.5) is 5.69 Å². The third kappa shape index (κ3) is 4.05. The van der Waals surface area contributed by atoms with Gasteiger partial charge in [-0.05, 0) is 29.7 Å². The minimum Gasteiger partial charge on any atom is -0.366 e. The highest BCUT2D eigenvalue weighted by Crippen LogP contribution is 2.58. The molecule has 1 fully saturated rings. The molecule has 3 aromatic rings. The Balaban J connectivity index is 1.45. The van der Waals surface area contributed by atoms with E-state index in [9.17, 15) is 14.4 Å². The molecule has 1 aliphatic rings. The molecule has 6 heteroatoms. The van der Waals surface area contributed by atoms with E-state index in [1.807, 2.05) is 60.7 Å². The van der Waals surface area contributed by atoms with Crippen LogP contribution in [-0.4, -0.2) is 24.3 Å². The molecule has 4 N–H and O–H groups in total. The average molecular weight is 413 g/mol. The monoisotopic (exact) mass is 413 g/mol. The molecule has 0 spiro atoms. The molecular weight excluding hydrogens is 390 g/mol. The molecule has 1 saturated carbocycles. The van der Waals surface area contributed by atoms with Crippen molar-refractivity contribution in [1.82, 2.24) is 5.32 Å². The van der Waals surface area contributed by atoms with Crippen molar-refractivity contribution in [3.8, 4) is 0 Å². The molecule has 1 unspecified atom stereocenters. The first kappa shape index (κ1) is 20.3. The van der Waals surface area contributed by atoms with Crippen LogP contribution in [0, 0.1) is 5.92 Å². The van der Waals surface area contributed by atoms with Crippen LogP contribution in [-0.2, 0) is 15.0 Å². The van der Waals surface area contributed by atoms with Gasteiger partial charge in [0.05, 0.1) is 23.7 Å². The van der Waals surface area contributed by atoms with Crippen molar-refractivity contribution < 1.29 is 14.4 Å². The Morgan fingerprint density at radius 1 is 0.839 bits per heavy atom. The van der Waals surface area contributed by atoms with Gasteiger partial charge in [0, 0.05) is 5.41 Å². The van der Waals surface area contributed by atoms with Crippen molar-refractivity contribution in [1.29, 1.82) is 0 Å². The van der Waals surface area contributed by atoms with Crippen LogP contribution in [0.1, 0.15) is 27.9 Å². The maximum Gasteiger partial charge on any atom is 0.250 e. The Bertz CT molecular complexity index is 1070. The Hall–Kier alpha value is -3.93. The van der Waals surface area contributed by atoms with Gasteiger partial charge in [-0.25, -0.2) is 0 Å². The number of anilines is 1. The number of benzene rings is 3. The van der Waals surface area contributed by atoms with Crippen molar-refractivity contribution in [2.24, 2.45) is 11.7 Å². The summed E-state index contributed by atoms with van der Waals surface area (Å²) in [6, 6.07) is 26.4. The van der Waals surface area contributed by atoms with Crippen molar-refractivity contribution in [3.63, 3.8) is 0 Å². The Morgan fingerprint density at radius 3 is 1.97 bits per heavy atom. The topological polar surface area (TPSA) is 101 Å². The summed E-state index contributed by atoms with van der Waals surface area (Å²) in [6.45, 7) is -0.192. The van der Waals surface area contributed by atoms with E-state index < -0.39 is 11.8 Å². The van der Waals surface area contributed by atoms with E-state index in [1.165, 1.54) is 6.07 Å². The van der Waals surface area contributed by atoms with Gasteiger partial charge in [-0.1, -0.05) is 72.8 Å². The SMILES string of the molecule is NC(=O)c1ccccc1NC(=O)CNC(=O)C1CC1(c1ccccc1)c1ccccc1. The van der Waals surface area contributed by atoms with E-state index in [2.05, 4.69) is 10.6 Å². The number of nitrogens with one attached hydrogen (secondary N) is 2. The van der Waals surface area contributed by atoms with Crippen LogP contribution in [0.25, 0.3) is 0 Å². The zero-order valence-corrected chi connectivity index (χ0v) is 16.9. The maximum atomic E-state index is 12.9. The van der Waals surface area contributed by atoms with Crippen molar-refractivity contribution >= 4 is 23.4 Å². The third-order valence-electron chi connectivity index (χ3n) is 5.74. The fourth-order valence-electron chi connectivity index (χ4n) is 4.15. The molecule has 4 rings (SSSR count). The molecule has 0 saturated heterocycles. The molecule has 31 heavy (non-hydrogen) atoms. The highest BCUT2D eigenvalue weighted by molar-refractivity contribution is 6.04.